The summed E-state index contributed by atoms with van der Waals surface area (Å²) in [5.74, 6) is 0.980. The van der Waals surface area contributed by atoms with Gasteiger partial charge in [-0.3, -0.25) is 0 Å². The van der Waals surface area contributed by atoms with E-state index in [1.54, 1.807) is 0 Å². The molecule has 0 amide bonds. The monoisotopic (exact) mass is 306 g/mol. The first-order valence-corrected chi connectivity index (χ1v) is 8.82. The summed E-state index contributed by atoms with van der Waals surface area (Å²) in [5, 5.41) is 9.78. The zero-order valence-corrected chi connectivity index (χ0v) is 13.6. The lowest BCUT2D eigenvalue weighted by molar-refractivity contribution is 0.0284. The first-order chi connectivity index (χ1) is 10.8. The molecule has 1 heterocycles. The lowest BCUT2D eigenvalue weighted by atomic mass is 10.0. The van der Waals surface area contributed by atoms with Gasteiger partial charge in [0.25, 0.3) is 0 Å². The summed E-state index contributed by atoms with van der Waals surface area (Å²) in [4.78, 5) is 0. The highest BCUT2D eigenvalue weighted by Crippen LogP contribution is 2.19. The zero-order valence-electron chi connectivity index (χ0n) is 13.6. The predicted octanol–water partition coefficient (Wildman–Crippen LogP) is 4.34. The maximum Gasteiger partial charge on any atom is 0.119 e. The molecular weight excluding hydrogens is 276 g/mol. The summed E-state index contributed by atoms with van der Waals surface area (Å²) < 4.78 is 11.7. The molecule has 0 saturated carbocycles. The topological polar surface area (TPSA) is 38.7 Å². The average Bonchev–Trinajstić information content (AvgIpc) is 2.54. The van der Waals surface area contributed by atoms with Crippen molar-refractivity contribution in [1.29, 1.82) is 0 Å². The molecule has 1 aromatic carbocycles. The van der Waals surface area contributed by atoms with Crippen LogP contribution in [0.1, 0.15) is 57.8 Å². The second-order valence-corrected chi connectivity index (χ2v) is 6.27. The van der Waals surface area contributed by atoms with Crippen molar-refractivity contribution in [3.63, 3.8) is 0 Å². The first-order valence-electron chi connectivity index (χ1n) is 8.82. The van der Waals surface area contributed by atoms with E-state index in [9.17, 15) is 5.11 Å². The van der Waals surface area contributed by atoms with Gasteiger partial charge in [-0.2, -0.15) is 0 Å². The molecule has 1 aromatic rings. The van der Waals surface area contributed by atoms with E-state index in [2.05, 4.69) is 0 Å². The Labute approximate surface area is 134 Å². The standard InChI is InChI=1S/C19H30O3/c20-17-10-4-1-2-5-11-19(14-8-9-15-21-16-17)22-18-12-6-3-7-13-18/h3,6-7,12-13,17,19-20H,1-2,4-5,8-11,14-16H2. The van der Waals surface area contributed by atoms with Crippen molar-refractivity contribution in [1.82, 2.24) is 0 Å². The molecule has 0 spiro atoms. The van der Waals surface area contributed by atoms with Gasteiger partial charge in [0.05, 0.1) is 18.8 Å². The molecule has 3 heteroatoms. The van der Waals surface area contributed by atoms with E-state index in [-0.39, 0.29) is 6.10 Å². The van der Waals surface area contributed by atoms with Crippen LogP contribution >= 0.6 is 0 Å². The van der Waals surface area contributed by atoms with Crippen LogP contribution in [0.2, 0.25) is 0 Å². The van der Waals surface area contributed by atoms with Crippen molar-refractivity contribution in [2.45, 2.75) is 70.0 Å². The predicted molar refractivity (Wildman–Crippen MR) is 89.2 cm³/mol. The fraction of sp³-hybridized carbons (Fsp3) is 0.684. The van der Waals surface area contributed by atoms with Crippen LogP contribution in [0.15, 0.2) is 30.3 Å². The number of hydrogen-bond donors (Lipinski definition) is 1. The molecule has 0 bridgehead atoms. The van der Waals surface area contributed by atoms with Crippen molar-refractivity contribution < 1.29 is 14.6 Å². The highest BCUT2D eigenvalue weighted by molar-refractivity contribution is 5.21. The molecule has 2 rings (SSSR count). The molecule has 22 heavy (non-hydrogen) atoms. The first kappa shape index (κ1) is 17.3. The van der Waals surface area contributed by atoms with E-state index in [0.717, 1.165) is 50.9 Å². The van der Waals surface area contributed by atoms with Crippen LogP contribution in [0.5, 0.6) is 5.75 Å². The second kappa shape index (κ2) is 10.6. The lowest BCUT2D eigenvalue weighted by Crippen LogP contribution is -2.18. The van der Waals surface area contributed by atoms with Gasteiger partial charge < -0.3 is 14.6 Å². The molecule has 3 nitrogen and oxygen atoms in total. The van der Waals surface area contributed by atoms with Crippen LogP contribution in [-0.4, -0.2) is 30.5 Å². The molecule has 1 aliphatic rings. The smallest absolute Gasteiger partial charge is 0.119 e. The molecule has 1 aliphatic heterocycles. The summed E-state index contributed by atoms with van der Waals surface area (Å²) in [6.45, 7) is 1.24. The van der Waals surface area contributed by atoms with Crippen LogP contribution in [0.3, 0.4) is 0 Å². The van der Waals surface area contributed by atoms with Crippen LogP contribution in [0.4, 0.5) is 0 Å². The Morgan fingerprint density at radius 3 is 2.32 bits per heavy atom. The zero-order chi connectivity index (χ0) is 15.5. The molecule has 1 saturated heterocycles. The number of ether oxygens (including phenoxy) is 2. The van der Waals surface area contributed by atoms with Gasteiger partial charge in [-0.05, 0) is 50.7 Å². The summed E-state index contributed by atoms with van der Waals surface area (Å²) >= 11 is 0. The largest absolute Gasteiger partial charge is 0.490 e. The molecule has 2 atom stereocenters. The third-order valence-electron chi connectivity index (χ3n) is 4.23. The van der Waals surface area contributed by atoms with Gasteiger partial charge in [-0.1, -0.05) is 37.5 Å². The van der Waals surface area contributed by atoms with Crippen LogP contribution in [0.25, 0.3) is 0 Å². The molecule has 0 aliphatic carbocycles. The number of aliphatic hydroxyl groups excluding tert-OH is 1. The van der Waals surface area contributed by atoms with Crippen LogP contribution in [-0.2, 0) is 4.74 Å². The Morgan fingerprint density at radius 2 is 1.55 bits per heavy atom. The van der Waals surface area contributed by atoms with E-state index >= 15 is 0 Å². The average molecular weight is 306 g/mol. The summed E-state index contributed by atoms with van der Waals surface area (Å²) in [6, 6.07) is 10.1. The minimum absolute atomic E-state index is 0.280. The van der Waals surface area contributed by atoms with E-state index < -0.39 is 0 Å². The minimum atomic E-state index is -0.280. The number of benzene rings is 1. The highest BCUT2D eigenvalue weighted by Gasteiger charge is 2.11. The van der Waals surface area contributed by atoms with Gasteiger partial charge in [0.2, 0.25) is 0 Å². The van der Waals surface area contributed by atoms with Crippen LogP contribution in [0, 0.1) is 0 Å². The maximum absolute atomic E-state index is 9.78. The summed E-state index contributed by atoms with van der Waals surface area (Å²) in [5.41, 5.74) is 0. The lowest BCUT2D eigenvalue weighted by Gasteiger charge is -2.20. The molecule has 1 N–H and O–H groups in total. The molecule has 2 unspecified atom stereocenters. The van der Waals surface area contributed by atoms with Crippen molar-refractivity contribution in [3.8, 4) is 5.75 Å². The Balaban J connectivity index is 1.79. The molecule has 124 valence electrons. The van der Waals surface area contributed by atoms with Crippen molar-refractivity contribution in [2.24, 2.45) is 0 Å². The Kier molecular flexibility index (Phi) is 8.36. The quantitative estimate of drug-likeness (QED) is 0.883. The van der Waals surface area contributed by atoms with Crippen molar-refractivity contribution >= 4 is 0 Å². The Bertz CT molecular complexity index is 364. The van der Waals surface area contributed by atoms with E-state index in [4.69, 9.17) is 9.47 Å². The summed E-state index contributed by atoms with van der Waals surface area (Å²) in [6.07, 6.45) is 9.99. The van der Waals surface area contributed by atoms with Gasteiger partial charge in [0, 0.05) is 6.61 Å². The normalized spacial score (nSPS) is 26.0. The SMILES string of the molecule is OC1CCCCCCC(Oc2ccccc2)CCCCOC1. The van der Waals surface area contributed by atoms with E-state index in [1.165, 1.54) is 19.3 Å². The molecule has 0 aromatic heterocycles. The third kappa shape index (κ3) is 7.28. The number of hydrogen-bond acceptors (Lipinski definition) is 3. The number of para-hydroxylation sites is 1. The number of rotatable bonds is 2. The van der Waals surface area contributed by atoms with Gasteiger partial charge in [0.15, 0.2) is 0 Å². The Hall–Kier alpha value is -1.06. The third-order valence-corrected chi connectivity index (χ3v) is 4.23. The van der Waals surface area contributed by atoms with Gasteiger partial charge in [-0.15, -0.1) is 0 Å². The molecule has 0 radical (unpaired) electrons. The molecular formula is C19H30O3. The molecule has 1 fully saturated rings. The fourth-order valence-corrected chi connectivity index (χ4v) is 2.94. The minimum Gasteiger partial charge on any atom is -0.490 e. The van der Waals surface area contributed by atoms with Crippen molar-refractivity contribution in [2.75, 3.05) is 13.2 Å². The van der Waals surface area contributed by atoms with E-state index in [0.29, 0.717) is 12.7 Å². The summed E-state index contributed by atoms with van der Waals surface area (Å²) in [7, 11) is 0. The van der Waals surface area contributed by atoms with Gasteiger partial charge in [-0.25, -0.2) is 0 Å². The fourth-order valence-electron chi connectivity index (χ4n) is 2.94. The maximum atomic E-state index is 9.78. The van der Waals surface area contributed by atoms with Crippen molar-refractivity contribution in [3.05, 3.63) is 30.3 Å². The Morgan fingerprint density at radius 1 is 0.864 bits per heavy atom. The highest BCUT2D eigenvalue weighted by atomic mass is 16.5. The number of aliphatic hydroxyl groups is 1. The van der Waals surface area contributed by atoms with E-state index in [1.807, 2.05) is 30.3 Å². The second-order valence-electron chi connectivity index (χ2n) is 6.27. The van der Waals surface area contributed by atoms with Gasteiger partial charge in [0.1, 0.15) is 5.75 Å². The van der Waals surface area contributed by atoms with Crippen LogP contribution < -0.4 is 4.74 Å². The van der Waals surface area contributed by atoms with Gasteiger partial charge >= 0.3 is 0 Å².